The molecule has 0 fully saturated rings. The van der Waals surface area contributed by atoms with Crippen LogP contribution in [0.15, 0.2) is 30.4 Å². The number of aryl methyl sites for hydroxylation is 1. The maximum Gasteiger partial charge on any atom is -0.000762 e. The first-order valence-corrected chi connectivity index (χ1v) is 6.95. The summed E-state index contributed by atoms with van der Waals surface area (Å²) < 4.78 is 0. The fraction of sp³-hybridized carbons (Fsp3) is 0.529. The van der Waals surface area contributed by atoms with Gasteiger partial charge in [0.2, 0.25) is 0 Å². The van der Waals surface area contributed by atoms with Gasteiger partial charge in [-0.2, -0.15) is 0 Å². The van der Waals surface area contributed by atoms with Crippen molar-refractivity contribution in [3.05, 3.63) is 47.0 Å². The molecule has 0 heteroatoms. The lowest BCUT2D eigenvalue weighted by Crippen LogP contribution is -2.00. The van der Waals surface area contributed by atoms with Crippen LogP contribution < -0.4 is 0 Å². The Morgan fingerprint density at radius 2 is 2.00 bits per heavy atom. The summed E-state index contributed by atoms with van der Waals surface area (Å²) in [6.07, 6.45) is 9.53. The third kappa shape index (κ3) is 4.03. The molecule has 1 unspecified atom stereocenters. The molecule has 1 aromatic carbocycles. The van der Waals surface area contributed by atoms with Crippen LogP contribution in [0.5, 0.6) is 0 Å². The standard InChI is InChI=1S/C17H26/c1-5-7-10-14(3)17-13-9-11-15(4)16(17)12-8-6-2/h7,9-11,13-14H,5-6,8,12H2,1-4H3/b10-7-. The molecule has 1 rings (SSSR count). The van der Waals surface area contributed by atoms with Crippen molar-refractivity contribution in [2.45, 2.75) is 59.3 Å². The van der Waals surface area contributed by atoms with Gasteiger partial charge in [0.25, 0.3) is 0 Å². The van der Waals surface area contributed by atoms with Gasteiger partial charge in [-0.3, -0.25) is 0 Å². The van der Waals surface area contributed by atoms with E-state index in [0.717, 1.165) is 6.42 Å². The number of unbranched alkanes of at least 4 members (excludes halogenated alkanes) is 1. The summed E-state index contributed by atoms with van der Waals surface area (Å²) in [7, 11) is 0. The predicted octanol–water partition coefficient (Wildman–Crippen LogP) is 5.41. The first kappa shape index (κ1) is 14.0. The number of allylic oxidation sites excluding steroid dienone is 2. The molecule has 17 heavy (non-hydrogen) atoms. The molecule has 0 heterocycles. The van der Waals surface area contributed by atoms with Gasteiger partial charge in [-0.25, -0.2) is 0 Å². The minimum atomic E-state index is 0.543. The quantitative estimate of drug-likeness (QED) is 0.573. The number of hydrogen-bond acceptors (Lipinski definition) is 0. The van der Waals surface area contributed by atoms with Gasteiger partial charge >= 0.3 is 0 Å². The molecule has 0 N–H and O–H groups in total. The molecule has 1 aromatic rings. The maximum atomic E-state index is 2.34. The molecule has 0 bridgehead atoms. The topological polar surface area (TPSA) is 0 Å². The number of rotatable bonds is 6. The van der Waals surface area contributed by atoms with Crippen LogP contribution in [0, 0.1) is 6.92 Å². The molecule has 0 spiro atoms. The summed E-state index contributed by atoms with van der Waals surface area (Å²) in [4.78, 5) is 0. The van der Waals surface area contributed by atoms with Gasteiger partial charge < -0.3 is 0 Å². The van der Waals surface area contributed by atoms with Crippen LogP contribution in [0.4, 0.5) is 0 Å². The highest BCUT2D eigenvalue weighted by molar-refractivity contribution is 5.38. The zero-order chi connectivity index (χ0) is 12.7. The van der Waals surface area contributed by atoms with Gasteiger partial charge in [-0.15, -0.1) is 0 Å². The summed E-state index contributed by atoms with van der Waals surface area (Å²) in [5.41, 5.74) is 4.54. The van der Waals surface area contributed by atoms with E-state index in [1.807, 2.05) is 0 Å². The zero-order valence-electron chi connectivity index (χ0n) is 11.8. The van der Waals surface area contributed by atoms with E-state index in [2.05, 4.69) is 58.0 Å². The molecule has 94 valence electrons. The second-order valence-corrected chi connectivity index (χ2v) is 4.87. The lowest BCUT2D eigenvalue weighted by molar-refractivity contribution is 0.775. The Morgan fingerprint density at radius 3 is 2.65 bits per heavy atom. The molecule has 0 aliphatic carbocycles. The van der Waals surface area contributed by atoms with Crippen molar-refractivity contribution in [1.29, 1.82) is 0 Å². The van der Waals surface area contributed by atoms with Crippen LogP contribution in [-0.2, 0) is 6.42 Å². The van der Waals surface area contributed by atoms with E-state index < -0.39 is 0 Å². The van der Waals surface area contributed by atoms with Gasteiger partial charge in [-0.1, -0.05) is 57.5 Å². The van der Waals surface area contributed by atoms with Gasteiger partial charge in [-0.05, 0) is 48.8 Å². The summed E-state index contributed by atoms with van der Waals surface area (Å²) in [5.74, 6) is 0.543. The Balaban J connectivity index is 2.96. The van der Waals surface area contributed by atoms with Crippen molar-refractivity contribution in [1.82, 2.24) is 0 Å². The Kier molecular flexibility index (Phi) is 6.04. The number of hydrogen-bond donors (Lipinski definition) is 0. The fourth-order valence-corrected chi connectivity index (χ4v) is 2.29. The maximum absolute atomic E-state index is 2.34. The molecular formula is C17H26. The molecule has 0 radical (unpaired) electrons. The molecule has 0 saturated heterocycles. The SMILES string of the molecule is CC/C=C\C(C)c1cccc(C)c1CCCC. The molecule has 0 aliphatic heterocycles. The highest BCUT2D eigenvalue weighted by Gasteiger charge is 2.09. The summed E-state index contributed by atoms with van der Waals surface area (Å²) in [6, 6.07) is 6.73. The van der Waals surface area contributed by atoms with Crippen LogP contribution in [-0.4, -0.2) is 0 Å². The minimum Gasteiger partial charge on any atom is -0.0882 e. The molecule has 0 aliphatic rings. The van der Waals surface area contributed by atoms with E-state index >= 15 is 0 Å². The van der Waals surface area contributed by atoms with Crippen LogP contribution in [0.3, 0.4) is 0 Å². The van der Waals surface area contributed by atoms with E-state index in [9.17, 15) is 0 Å². The number of benzene rings is 1. The molecule has 0 aromatic heterocycles. The van der Waals surface area contributed by atoms with E-state index in [1.54, 1.807) is 5.56 Å². The van der Waals surface area contributed by atoms with Crippen molar-refractivity contribution in [2.24, 2.45) is 0 Å². The van der Waals surface area contributed by atoms with Crippen molar-refractivity contribution in [3.8, 4) is 0 Å². The normalized spacial score (nSPS) is 13.2. The van der Waals surface area contributed by atoms with Crippen molar-refractivity contribution in [3.63, 3.8) is 0 Å². The second-order valence-electron chi connectivity index (χ2n) is 4.87. The Morgan fingerprint density at radius 1 is 1.24 bits per heavy atom. The lowest BCUT2D eigenvalue weighted by Gasteiger charge is -2.16. The molecule has 1 atom stereocenters. The molecule has 0 saturated carbocycles. The van der Waals surface area contributed by atoms with Gasteiger partial charge in [0.1, 0.15) is 0 Å². The first-order valence-electron chi connectivity index (χ1n) is 6.95. The zero-order valence-corrected chi connectivity index (χ0v) is 11.8. The smallest absolute Gasteiger partial charge is 0.000762 e. The Hall–Kier alpha value is -1.04. The van der Waals surface area contributed by atoms with Crippen molar-refractivity contribution < 1.29 is 0 Å². The van der Waals surface area contributed by atoms with E-state index in [1.165, 1.54) is 30.4 Å². The van der Waals surface area contributed by atoms with E-state index in [-0.39, 0.29) is 0 Å². The van der Waals surface area contributed by atoms with Crippen LogP contribution in [0.25, 0.3) is 0 Å². The van der Waals surface area contributed by atoms with Crippen LogP contribution >= 0.6 is 0 Å². The van der Waals surface area contributed by atoms with E-state index in [0.29, 0.717) is 5.92 Å². The van der Waals surface area contributed by atoms with Gasteiger partial charge in [0, 0.05) is 0 Å². The summed E-state index contributed by atoms with van der Waals surface area (Å²) in [6.45, 7) is 9.00. The predicted molar refractivity (Wildman–Crippen MR) is 77.6 cm³/mol. The van der Waals surface area contributed by atoms with Crippen molar-refractivity contribution >= 4 is 0 Å². The fourth-order valence-electron chi connectivity index (χ4n) is 2.29. The highest BCUT2D eigenvalue weighted by atomic mass is 14.1. The molecular weight excluding hydrogens is 204 g/mol. The molecule has 0 amide bonds. The third-order valence-corrected chi connectivity index (χ3v) is 3.38. The largest absolute Gasteiger partial charge is 0.0882 e. The van der Waals surface area contributed by atoms with Gasteiger partial charge in [0.05, 0.1) is 0 Å². The first-order chi connectivity index (χ1) is 8.20. The minimum absolute atomic E-state index is 0.543. The summed E-state index contributed by atoms with van der Waals surface area (Å²) >= 11 is 0. The van der Waals surface area contributed by atoms with Gasteiger partial charge in [0.15, 0.2) is 0 Å². The van der Waals surface area contributed by atoms with E-state index in [4.69, 9.17) is 0 Å². The van der Waals surface area contributed by atoms with Crippen LogP contribution in [0.2, 0.25) is 0 Å². The highest BCUT2D eigenvalue weighted by Crippen LogP contribution is 2.25. The second kappa shape index (κ2) is 7.32. The average molecular weight is 230 g/mol. The lowest BCUT2D eigenvalue weighted by atomic mass is 9.89. The average Bonchev–Trinajstić information content (AvgIpc) is 2.34. The third-order valence-electron chi connectivity index (χ3n) is 3.38. The summed E-state index contributed by atoms with van der Waals surface area (Å²) in [5, 5.41) is 0. The van der Waals surface area contributed by atoms with Crippen LogP contribution in [0.1, 0.15) is 62.6 Å². The monoisotopic (exact) mass is 230 g/mol. The Labute approximate surface area is 107 Å². The molecule has 0 nitrogen and oxygen atoms in total. The Bertz CT molecular complexity index is 360. The van der Waals surface area contributed by atoms with Crippen molar-refractivity contribution in [2.75, 3.05) is 0 Å².